The second-order valence-corrected chi connectivity index (χ2v) is 5.70. The number of para-hydroxylation sites is 1. The van der Waals surface area contributed by atoms with Crippen LogP contribution >= 0.6 is 0 Å². The topological polar surface area (TPSA) is 38.0 Å². The van der Waals surface area contributed by atoms with E-state index in [2.05, 4.69) is 25.9 Å². The van der Waals surface area contributed by atoms with Gasteiger partial charge in [0.25, 0.3) is 0 Å². The van der Waals surface area contributed by atoms with Crippen molar-refractivity contribution < 1.29 is 5.11 Å². The highest BCUT2D eigenvalue weighted by Crippen LogP contribution is 2.28. The number of benzene rings is 1. The van der Waals surface area contributed by atoms with Crippen LogP contribution in [-0.2, 0) is 12.8 Å². The first-order valence-corrected chi connectivity index (χ1v) is 7.48. The van der Waals surface area contributed by atoms with Crippen LogP contribution in [0.25, 0.3) is 5.69 Å². The van der Waals surface area contributed by atoms with E-state index in [9.17, 15) is 5.11 Å². The summed E-state index contributed by atoms with van der Waals surface area (Å²) in [5.41, 5.74) is 2.97. The molecule has 2 rings (SSSR count). The highest BCUT2D eigenvalue weighted by atomic mass is 16.3. The van der Waals surface area contributed by atoms with Gasteiger partial charge in [0.1, 0.15) is 0 Å². The van der Waals surface area contributed by atoms with Gasteiger partial charge in [0, 0.05) is 5.56 Å². The van der Waals surface area contributed by atoms with Crippen molar-refractivity contribution in [2.24, 2.45) is 5.92 Å². The molecule has 0 radical (unpaired) electrons. The monoisotopic (exact) mass is 272 g/mol. The number of aromatic hydroxyl groups is 1. The summed E-state index contributed by atoms with van der Waals surface area (Å²) < 4.78 is 1.67. The molecule has 20 heavy (non-hydrogen) atoms. The molecule has 0 aliphatic rings. The van der Waals surface area contributed by atoms with Crippen molar-refractivity contribution in [3.8, 4) is 11.6 Å². The van der Waals surface area contributed by atoms with Crippen LogP contribution in [0, 0.1) is 5.92 Å². The van der Waals surface area contributed by atoms with Crippen LogP contribution in [0.15, 0.2) is 30.3 Å². The van der Waals surface area contributed by atoms with E-state index >= 15 is 0 Å². The van der Waals surface area contributed by atoms with E-state index in [1.165, 1.54) is 0 Å². The minimum Gasteiger partial charge on any atom is -0.493 e. The lowest BCUT2D eigenvalue weighted by Gasteiger charge is -2.06. The Morgan fingerprint density at radius 1 is 1.20 bits per heavy atom. The minimum absolute atomic E-state index is 0.302. The van der Waals surface area contributed by atoms with Gasteiger partial charge in [-0.1, -0.05) is 45.4 Å². The molecule has 108 valence electrons. The van der Waals surface area contributed by atoms with Crippen molar-refractivity contribution >= 4 is 0 Å². The van der Waals surface area contributed by atoms with Gasteiger partial charge in [0.05, 0.1) is 11.4 Å². The lowest BCUT2D eigenvalue weighted by Crippen LogP contribution is -1.98. The molecule has 0 saturated heterocycles. The number of unbranched alkanes of at least 4 members (excludes halogenated alkanes) is 1. The van der Waals surface area contributed by atoms with Gasteiger partial charge in [-0.2, -0.15) is 5.10 Å². The minimum atomic E-state index is 0.302. The van der Waals surface area contributed by atoms with Gasteiger partial charge in [0.2, 0.25) is 5.88 Å². The van der Waals surface area contributed by atoms with Crippen LogP contribution in [0.3, 0.4) is 0 Å². The molecule has 0 atom stereocenters. The fourth-order valence-electron chi connectivity index (χ4n) is 2.40. The van der Waals surface area contributed by atoms with E-state index in [4.69, 9.17) is 0 Å². The van der Waals surface area contributed by atoms with E-state index in [1.807, 2.05) is 30.3 Å². The van der Waals surface area contributed by atoms with Crippen molar-refractivity contribution in [2.45, 2.75) is 46.5 Å². The van der Waals surface area contributed by atoms with Crippen molar-refractivity contribution in [3.63, 3.8) is 0 Å². The van der Waals surface area contributed by atoms with E-state index in [-0.39, 0.29) is 0 Å². The molecule has 3 nitrogen and oxygen atoms in total. The molecule has 1 aromatic heterocycles. The van der Waals surface area contributed by atoms with Crippen molar-refractivity contribution in [1.29, 1.82) is 0 Å². The van der Waals surface area contributed by atoms with Gasteiger partial charge in [-0.25, -0.2) is 4.68 Å². The number of nitrogens with zero attached hydrogens (tertiary/aromatic N) is 2. The average Bonchev–Trinajstić information content (AvgIpc) is 2.74. The molecule has 1 heterocycles. The second-order valence-electron chi connectivity index (χ2n) is 5.70. The summed E-state index contributed by atoms with van der Waals surface area (Å²) in [6.45, 7) is 6.52. The standard InChI is InChI=1S/C17H24N2O/c1-4-5-11-16-15(12-13(2)3)17(20)19(18-16)14-9-7-6-8-10-14/h6-10,13,20H,4-5,11-12H2,1-3H3. The highest BCUT2D eigenvalue weighted by Gasteiger charge is 2.18. The second kappa shape index (κ2) is 6.60. The molecule has 0 unspecified atom stereocenters. The molecule has 1 aromatic carbocycles. The number of aryl methyl sites for hydroxylation is 1. The predicted octanol–water partition coefficient (Wildman–Crippen LogP) is 4.12. The van der Waals surface area contributed by atoms with E-state index in [0.29, 0.717) is 11.8 Å². The zero-order valence-corrected chi connectivity index (χ0v) is 12.6. The maximum Gasteiger partial charge on any atom is 0.217 e. The lowest BCUT2D eigenvalue weighted by molar-refractivity contribution is 0.424. The molecule has 0 amide bonds. The predicted molar refractivity (Wildman–Crippen MR) is 82.4 cm³/mol. The number of hydrogen-bond acceptors (Lipinski definition) is 2. The molecule has 0 saturated carbocycles. The van der Waals surface area contributed by atoms with E-state index in [0.717, 1.165) is 42.6 Å². The summed E-state index contributed by atoms with van der Waals surface area (Å²) in [7, 11) is 0. The largest absolute Gasteiger partial charge is 0.493 e. The van der Waals surface area contributed by atoms with Crippen LogP contribution < -0.4 is 0 Å². The van der Waals surface area contributed by atoms with Crippen molar-refractivity contribution in [2.75, 3.05) is 0 Å². The van der Waals surface area contributed by atoms with Gasteiger partial charge in [-0.3, -0.25) is 0 Å². The Bertz CT molecular complexity index is 544. The Hall–Kier alpha value is -1.77. The Kier molecular flexibility index (Phi) is 4.83. The fraction of sp³-hybridized carbons (Fsp3) is 0.471. The molecule has 3 heteroatoms. The average molecular weight is 272 g/mol. The van der Waals surface area contributed by atoms with Crippen molar-refractivity contribution in [1.82, 2.24) is 9.78 Å². The summed E-state index contributed by atoms with van der Waals surface area (Å²) in [5.74, 6) is 0.811. The molecule has 0 aliphatic heterocycles. The van der Waals surface area contributed by atoms with Gasteiger partial charge >= 0.3 is 0 Å². The first-order chi connectivity index (χ1) is 9.63. The highest BCUT2D eigenvalue weighted by molar-refractivity contribution is 5.40. The molecule has 1 N–H and O–H groups in total. The van der Waals surface area contributed by atoms with E-state index in [1.54, 1.807) is 4.68 Å². The maximum absolute atomic E-state index is 10.5. The van der Waals surface area contributed by atoms with Crippen molar-refractivity contribution in [3.05, 3.63) is 41.6 Å². The Morgan fingerprint density at radius 3 is 2.50 bits per heavy atom. The smallest absolute Gasteiger partial charge is 0.217 e. The Labute approximate surface area is 121 Å². The van der Waals surface area contributed by atoms with Gasteiger partial charge in [0.15, 0.2) is 0 Å². The summed E-state index contributed by atoms with van der Waals surface area (Å²) in [6.07, 6.45) is 4.06. The zero-order valence-electron chi connectivity index (χ0n) is 12.6. The fourth-order valence-corrected chi connectivity index (χ4v) is 2.40. The molecule has 0 spiro atoms. The molecular formula is C17H24N2O. The van der Waals surface area contributed by atoms with Gasteiger partial charge < -0.3 is 5.11 Å². The normalized spacial score (nSPS) is 11.2. The Morgan fingerprint density at radius 2 is 1.90 bits per heavy atom. The summed E-state index contributed by atoms with van der Waals surface area (Å²) in [6, 6.07) is 9.83. The first-order valence-electron chi connectivity index (χ1n) is 7.48. The first kappa shape index (κ1) is 14.6. The van der Waals surface area contributed by atoms with Gasteiger partial charge in [-0.15, -0.1) is 0 Å². The molecule has 0 bridgehead atoms. The number of aromatic nitrogens is 2. The summed E-state index contributed by atoms with van der Waals surface area (Å²) in [4.78, 5) is 0. The SMILES string of the molecule is CCCCc1nn(-c2ccccc2)c(O)c1CC(C)C. The third-order valence-electron chi connectivity index (χ3n) is 3.42. The van der Waals surface area contributed by atoms with Crippen LogP contribution in [0.2, 0.25) is 0 Å². The van der Waals surface area contributed by atoms with E-state index < -0.39 is 0 Å². The summed E-state index contributed by atoms with van der Waals surface area (Å²) in [5, 5.41) is 15.1. The maximum atomic E-state index is 10.5. The van der Waals surface area contributed by atoms with Crippen LogP contribution in [-0.4, -0.2) is 14.9 Å². The number of rotatable bonds is 6. The van der Waals surface area contributed by atoms with Crippen LogP contribution in [0.4, 0.5) is 0 Å². The lowest BCUT2D eigenvalue weighted by atomic mass is 10.0. The molecular weight excluding hydrogens is 248 g/mol. The molecule has 0 aliphatic carbocycles. The number of hydrogen-bond donors (Lipinski definition) is 1. The Balaban J connectivity index is 2.41. The van der Waals surface area contributed by atoms with Gasteiger partial charge in [-0.05, 0) is 37.3 Å². The van der Waals surface area contributed by atoms with Crippen LogP contribution in [0.1, 0.15) is 44.9 Å². The molecule has 2 aromatic rings. The quantitative estimate of drug-likeness (QED) is 0.859. The summed E-state index contributed by atoms with van der Waals surface area (Å²) >= 11 is 0. The zero-order chi connectivity index (χ0) is 14.5. The van der Waals surface area contributed by atoms with Crippen LogP contribution in [0.5, 0.6) is 5.88 Å². The third kappa shape index (κ3) is 3.21. The third-order valence-corrected chi connectivity index (χ3v) is 3.42. The molecule has 0 fully saturated rings.